The van der Waals surface area contributed by atoms with Crippen molar-refractivity contribution in [2.24, 2.45) is 0 Å². The number of hydrogen-bond acceptors (Lipinski definition) is 8. The van der Waals surface area contributed by atoms with Crippen LogP contribution < -0.4 is 10.9 Å². The first-order valence-electron chi connectivity index (χ1n) is 8.63. The van der Waals surface area contributed by atoms with E-state index in [2.05, 4.69) is 15.5 Å². The molecule has 1 aliphatic heterocycles. The highest BCUT2D eigenvalue weighted by atomic mass is 35.5. The highest BCUT2D eigenvalue weighted by molar-refractivity contribution is 8.00. The number of ether oxygens (including phenoxy) is 1. The number of aromatic nitrogens is 2. The number of nitrogens with one attached hydrogen (secondary N) is 1. The SMILES string of the molecule is Cc1cc2oc(=O)cc(CSc3nnc(NCC4CCCO4)s3)c2cc1Cl. The van der Waals surface area contributed by atoms with E-state index >= 15 is 0 Å². The number of hydrogen-bond donors (Lipinski definition) is 1. The fraction of sp³-hybridized carbons (Fsp3) is 0.389. The fourth-order valence-corrected chi connectivity index (χ4v) is 4.87. The molecule has 0 aliphatic carbocycles. The van der Waals surface area contributed by atoms with Gasteiger partial charge >= 0.3 is 5.63 Å². The molecule has 1 aromatic carbocycles. The molecule has 0 amide bonds. The fourth-order valence-electron chi connectivity index (χ4n) is 2.95. The summed E-state index contributed by atoms with van der Waals surface area (Å²) < 4.78 is 11.7. The maximum absolute atomic E-state index is 11.9. The van der Waals surface area contributed by atoms with Crippen molar-refractivity contribution in [1.29, 1.82) is 0 Å². The van der Waals surface area contributed by atoms with E-state index in [9.17, 15) is 4.79 Å². The van der Waals surface area contributed by atoms with E-state index in [4.69, 9.17) is 20.8 Å². The molecule has 27 heavy (non-hydrogen) atoms. The zero-order valence-electron chi connectivity index (χ0n) is 14.7. The molecule has 1 N–H and O–H groups in total. The van der Waals surface area contributed by atoms with Crippen LogP contribution >= 0.6 is 34.7 Å². The Bertz CT molecular complexity index is 1010. The van der Waals surface area contributed by atoms with Crippen LogP contribution in [-0.4, -0.2) is 29.5 Å². The lowest BCUT2D eigenvalue weighted by molar-refractivity contribution is 0.120. The van der Waals surface area contributed by atoms with Gasteiger partial charge in [-0.3, -0.25) is 0 Å². The van der Waals surface area contributed by atoms with Crippen molar-refractivity contribution in [2.45, 2.75) is 36.0 Å². The highest BCUT2D eigenvalue weighted by Crippen LogP contribution is 2.32. The van der Waals surface area contributed by atoms with E-state index in [-0.39, 0.29) is 11.7 Å². The lowest BCUT2D eigenvalue weighted by Crippen LogP contribution is -2.18. The minimum Gasteiger partial charge on any atom is -0.423 e. The molecule has 6 nitrogen and oxygen atoms in total. The van der Waals surface area contributed by atoms with Gasteiger partial charge < -0.3 is 14.5 Å². The number of fused-ring (bicyclic) bond motifs is 1. The van der Waals surface area contributed by atoms with Crippen LogP contribution in [0.1, 0.15) is 24.0 Å². The Morgan fingerprint density at radius 2 is 2.26 bits per heavy atom. The number of aryl methyl sites for hydroxylation is 1. The third kappa shape index (κ3) is 4.45. The summed E-state index contributed by atoms with van der Waals surface area (Å²) in [5, 5.41) is 13.9. The predicted molar refractivity (Wildman–Crippen MR) is 109 cm³/mol. The van der Waals surface area contributed by atoms with E-state index in [1.807, 2.05) is 13.0 Å². The number of thioether (sulfide) groups is 1. The van der Waals surface area contributed by atoms with Gasteiger partial charge in [-0.25, -0.2) is 4.79 Å². The molecule has 4 rings (SSSR count). The Hall–Kier alpha value is -1.61. The van der Waals surface area contributed by atoms with Gasteiger partial charge in [0.15, 0.2) is 4.34 Å². The normalized spacial score (nSPS) is 16.9. The number of nitrogens with zero attached hydrogens (tertiary/aromatic N) is 2. The van der Waals surface area contributed by atoms with Crippen LogP contribution in [0.3, 0.4) is 0 Å². The smallest absolute Gasteiger partial charge is 0.336 e. The minimum absolute atomic E-state index is 0.258. The van der Waals surface area contributed by atoms with E-state index < -0.39 is 0 Å². The molecule has 0 radical (unpaired) electrons. The minimum atomic E-state index is -0.365. The molecular formula is C18H18ClN3O3S2. The molecule has 142 valence electrons. The van der Waals surface area contributed by atoms with E-state index in [1.54, 1.807) is 6.07 Å². The Morgan fingerprint density at radius 1 is 1.37 bits per heavy atom. The van der Waals surface area contributed by atoms with Crippen molar-refractivity contribution >= 4 is 50.8 Å². The predicted octanol–water partition coefficient (Wildman–Crippen LogP) is 4.49. The average molecular weight is 424 g/mol. The largest absolute Gasteiger partial charge is 0.423 e. The highest BCUT2D eigenvalue weighted by Gasteiger charge is 2.16. The van der Waals surface area contributed by atoms with Crippen molar-refractivity contribution in [3.05, 3.63) is 44.8 Å². The van der Waals surface area contributed by atoms with Crippen LogP contribution in [0.15, 0.2) is 31.8 Å². The molecule has 2 aromatic heterocycles. The third-order valence-corrected chi connectivity index (χ3v) is 6.84. The molecule has 3 aromatic rings. The van der Waals surface area contributed by atoms with Crippen molar-refractivity contribution in [2.75, 3.05) is 18.5 Å². The zero-order chi connectivity index (χ0) is 18.8. The standard InChI is InChI=1S/C18H18ClN3O3S2/c1-10-5-15-13(7-14(10)19)11(6-16(23)25-15)9-26-18-22-21-17(27-18)20-8-12-3-2-4-24-12/h5-7,12H,2-4,8-9H2,1H3,(H,20,21). The van der Waals surface area contributed by atoms with Gasteiger partial charge in [-0.2, -0.15) is 0 Å². The summed E-state index contributed by atoms with van der Waals surface area (Å²) in [5.41, 5.74) is 1.94. The number of anilines is 1. The number of rotatable bonds is 6. The monoisotopic (exact) mass is 423 g/mol. The first-order chi connectivity index (χ1) is 13.1. The molecule has 1 saturated heterocycles. The van der Waals surface area contributed by atoms with Gasteiger partial charge in [0.2, 0.25) is 5.13 Å². The first kappa shape index (κ1) is 18.7. The second-order valence-electron chi connectivity index (χ2n) is 6.37. The Kier molecular flexibility index (Phi) is 5.68. The van der Waals surface area contributed by atoms with Crippen LogP contribution in [-0.2, 0) is 10.5 Å². The molecule has 1 fully saturated rings. The number of benzene rings is 1. The van der Waals surface area contributed by atoms with E-state index in [1.165, 1.54) is 29.2 Å². The lowest BCUT2D eigenvalue weighted by atomic mass is 10.1. The molecule has 1 aliphatic rings. The summed E-state index contributed by atoms with van der Waals surface area (Å²) in [4.78, 5) is 11.9. The zero-order valence-corrected chi connectivity index (χ0v) is 17.0. The van der Waals surface area contributed by atoms with Gasteiger partial charge in [-0.05, 0) is 43.0 Å². The van der Waals surface area contributed by atoms with Crippen LogP contribution in [0.5, 0.6) is 0 Å². The van der Waals surface area contributed by atoms with Gasteiger partial charge in [0.1, 0.15) is 5.58 Å². The van der Waals surface area contributed by atoms with Crippen molar-refractivity contribution in [3.8, 4) is 0 Å². The summed E-state index contributed by atoms with van der Waals surface area (Å²) in [6.07, 6.45) is 2.46. The molecule has 9 heteroatoms. The summed E-state index contributed by atoms with van der Waals surface area (Å²) >= 11 is 9.28. The average Bonchev–Trinajstić information content (AvgIpc) is 3.31. The van der Waals surface area contributed by atoms with E-state index in [0.29, 0.717) is 16.4 Å². The van der Waals surface area contributed by atoms with Crippen LogP contribution in [0.4, 0.5) is 5.13 Å². The van der Waals surface area contributed by atoms with Crippen molar-refractivity contribution in [3.63, 3.8) is 0 Å². The second kappa shape index (κ2) is 8.18. The maximum Gasteiger partial charge on any atom is 0.336 e. The Labute approximate surface area is 169 Å². The van der Waals surface area contributed by atoms with Crippen molar-refractivity contribution < 1.29 is 9.15 Å². The lowest BCUT2D eigenvalue weighted by Gasteiger charge is -2.08. The Morgan fingerprint density at radius 3 is 3.07 bits per heavy atom. The third-order valence-electron chi connectivity index (χ3n) is 4.37. The second-order valence-corrected chi connectivity index (χ2v) is 8.97. The van der Waals surface area contributed by atoms with Gasteiger partial charge in [0, 0.05) is 35.4 Å². The molecule has 0 bridgehead atoms. The van der Waals surface area contributed by atoms with Gasteiger partial charge in [-0.15, -0.1) is 10.2 Å². The van der Waals surface area contributed by atoms with Gasteiger partial charge in [0.25, 0.3) is 0 Å². The molecule has 1 unspecified atom stereocenters. The first-order valence-corrected chi connectivity index (χ1v) is 10.8. The van der Waals surface area contributed by atoms with Gasteiger partial charge in [-0.1, -0.05) is 34.7 Å². The molecule has 0 saturated carbocycles. The quantitative estimate of drug-likeness (QED) is 0.462. The maximum atomic E-state index is 11.9. The van der Waals surface area contributed by atoms with E-state index in [0.717, 1.165) is 52.0 Å². The van der Waals surface area contributed by atoms with Crippen LogP contribution in [0, 0.1) is 6.92 Å². The molecular weight excluding hydrogens is 406 g/mol. The molecule has 1 atom stereocenters. The topological polar surface area (TPSA) is 77.2 Å². The summed E-state index contributed by atoms with van der Waals surface area (Å²) in [7, 11) is 0. The summed E-state index contributed by atoms with van der Waals surface area (Å²) in [5.74, 6) is 0.585. The molecule has 0 spiro atoms. The van der Waals surface area contributed by atoms with Crippen LogP contribution in [0.2, 0.25) is 5.02 Å². The van der Waals surface area contributed by atoms with Crippen molar-refractivity contribution in [1.82, 2.24) is 10.2 Å². The van der Waals surface area contributed by atoms with Gasteiger partial charge in [0.05, 0.1) is 6.10 Å². The van der Waals surface area contributed by atoms with Crippen LogP contribution in [0.25, 0.3) is 11.0 Å². The number of halogens is 1. The summed E-state index contributed by atoms with van der Waals surface area (Å²) in [6.45, 7) is 3.48. The Balaban J connectivity index is 1.45. The molecule has 3 heterocycles. The summed E-state index contributed by atoms with van der Waals surface area (Å²) in [6, 6.07) is 5.16.